The molecule has 1 aromatic carbocycles. The standard InChI is InChI=1S/C16H15N3O2/c17-7-13-5-10-1-2-11(6-15(10)21-13)16(20)18-14-9-19-4-3-12(14)8-19/h1-2,5-6,12,14H,3-4,8-9H2,(H,18,20). The summed E-state index contributed by atoms with van der Waals surface area (Å²) in [5, 5.41) is 12.8. The molecule has 2 fully saturated rings. The molecule has 2 aliphatic rings. The molecule has 2 saturated heterocycles. The fourth-order valence-corrected chi connectivity index (χ4v) is 3.43. The molecule has 21 heavy (non-hydrogen) atoms. The average molecular weight is 281 g/mol. The third kappa shape index (κ3) is 2.08. The van der Waals surface area contributed by atoms with Crippen molar-refractivity contribution in [3.63, 3.8) is 0 Å². The second kappa shape index (κ2) is 4.61. The Labute approximate surface area is 122 Å². The first-order chi connectivity index (χ1) is 10.2. The number of nitriles is 1. The number of fused-ring (bicyclic) bond motifs is 3. The first-order valence-electron chi connectivity index (χ1n) is 7.20. The summed E-state index contributed by atoms with van der Waals surface area (Å²) in [7, 11) is 0. The van der Waals surface area contributed by atoms with E-state index < -0.39 is 0 Å². The summed E-state index contributed by atoms with van der Waals surface area (Å²) in [6, 6.07) is 9.21. The van der Waals surface area contributed by atoms with Crippen molar-refractivity contribution in [2.24, 2.45) is 5.92 Å². The second-order valence-electron chi connectivity index (χ2n) is 5.86. The minimum absolute atomic E-state index is 0.0643. The maximum Gasteiger partial charge on any atom is 0.251 e. The van der Waals surface area contributed by atoms with Gasteiger partial charge in [0.05, 0.1) is 0 Å². The van der Waals surface area contributed by atoms with Crippen LogP contribution in [-0.4, -0.2) is 36.5 Å². The van der Waals surface area contributed by atoms with Crippen molar-refractivity contribution in [3.8, 4) is 6.07 Å². The zero-order chi connectivity index (χ0) is 14.4. The molecule has 0 spiro atoms. The number of hydrogen-bond donors (Lipinski definition) is 1. The van der Waals surface area contributed by atoms with Gasteiger partial charge in [0.2, 0.25) is 5.76 Å². The molecule has 4 rings (SSSR count). The molecule has 106 valence electrons. The lowest BCUT2D eigenvalue weighted by Gasteiger charge is -2.23. The fraction of sp³-hybridized carbons (Fsp3) is 0.375. The number of rotatable bonds is 2. The third-order valence-electron chi connectivity index (χ3n) is 4.54. The van der Waals surface area contributed by atoms with Gasteiger partial charge < -0.3 is 14.6 Å². The Bertz CT molecular complexity index is 758. The van der Waals surface area contributed by atoms with Gasteiger partial charge in [-0.05, 0) is 31.0 Å². The van der Waals surface area contributed by atoms with Crippen molar-refractivity contribution in [2.75, 3.05) is 19.6 Å². The van der Waals surface area contributed by atoms with E-state index in [4.69, 9.17) is 9.68 Å². The Kier molecular flexibility index (Phi) is 2.72. The molecule has 2 aromatic rings. The van der Waals surface area contributed by atoms with E-state index in [9.17, 15) is 4.79 Å². The minimum atomic E-state index is -0.0643. The summed E-state index contributed by atoms with van der Waals surface area (Å²) in [6.45, 7) is 3.22. The molecule has 1 aromatic heterocycles. The van der Waals surface area contributed by atoms with E-state index in [1.807, 2.05) is 12.1 Å². The van der Waals surface area contributed by atoms with E-state index in [1.165, 1.54) is 6.42 Å². The Morgan fingerprint density at radius 2 is 2.29 bits per heavy atom. The van der Waals surface area contributed by atoms with E-state index in [2.05, 4.69) is 10.2 Å². The molecule has 5 heteroatoms. The molecule has 5 nitrogen and oxygen atoms in total. The minimum Gasteiger partial charge on any atom is -0.446 e. The fourth-order valence-electron chi connectivity index (χ4n) is 3.43. The summed E-state index contributed by atoms with van der Waals surface area (Å²) in [6.07, 6.45) is 1.17. The third-order valence-corrected chi connectivity index (χ3v) is 4.54. The Hall–Kier alpha value is -2.32. The van der Waals surface area contributed by atoms with Crippen LogP contribution in [0.4, 0.5) is 0 Å². The molecule has 0 radical (unpaired) electrons. The van der Waals surface area contributed by atoms with E-state index in [-0.39, 0.29) is 17.7 Å². The molecule has 1 N–H and O–H groups in total. The molecule has 2 bridgehead atoms. The largest absolute Gasteiger partial charge is 0.446 e. The number of amides is 1. The van der Waals surface area contributed by atoms with Gasteiger partial charge in [-0.3, -0.25) is 4.79 Å². The van der Waals surface area contributed by atoms with Crippen LogP contribution >= 0.6 is 0 Å². The summed E-state index contributed by atoms with van der Waals surface area (Å²) in [5.74, 6) is 0.792. The van der Waals surface area contributed by atoms with E-state index in [0.717, 1.165) is 25.0 Å². The number of nitrogens with one attached hydrogen (secondary N) is 1. The SMILES string of the molecule is N#Cc1cc2ccc(C(=O)NC3CN4CCC3C4)cc2o1. The van der Waals surface area contributed by atoms with Gasteiger partial charge in [-0.25, -0.2) is 0 Å². The van der Waals surface area contributed by atoms with Gasteiger partial charge >= 0.3 is 0 Å². The highest BCUT2D eigenvalue weighted by atomic mass is 16.3. The van der Waals surface area contributed by atoms with Crippen LogP contribution < -0.4 is 5.32 Å². The zero-order valence-corrected chi connectivity index (χ0v) is 11.5. The highest BCUT2D eigenvalue weighted by Gasteiger charge is 2.38. The molecule has 0 saturated carbocycles. The van der Waals surface area contributed by atoms with Crippen molar-refractivity contribution >= 4 is 16.9 Å². The summed E-state index contributed by atoms with van der Waals surface area (Å²) < 4.78 is 5.38. The predicted octanol–water partition coefficient (Wildman–Crippen LogP) is 1.74. The van der Waals surface area contributed by atoms with Crippen LogP contribution in [0, 0.1) is 17.2 Å². The Morgan fingerprint density at radius 3 is 3.00 bits per heavy atom. The number of benzene rings is 1. The molecule has 1 amide bonds. The molecular formula is C16H15N3O2. The second-order valence-corrected chi connectivity index (χ2v) is 5.86. The molecule has 2 aliphatic heterocycles. The number of piperidine rings is 1. The topological polar surface area (TPSA) is 69.3 Å². The molecule has 3 unspecified atom stereocenters. The van der Waals surface area contributed by atoms with Crippen LogP contribution in [0.25, 0.3) is 11.0 Å². The van der Waals surface area contributed by atoms with E-state index in [1.54, 1.807) is 18.2 Å². The van der Waals surface area contributed by atoms with Crippen molar-refractivity contribution < 1.29 is 9.21 Å². The van der Waals surface area contributed by atoms with E-state index >= 15 is 0 Å². The number of furan rings is 1. The molecule has 0 aliphatic carbocycles. The maximum atomic E-state index is 12.4. The normalized spacial score (nSPS) is 26.9. The van der Waals surface area contributed by atoms with Crippen LogP contribution in [0.15, 0.2) is 28.7 Å². The van der Waals surface area contributed by atoms with Crippen LogP contribution in [-0.2, 0) is 0 Å². The molecule has 3 atom stereocenters. The number of carbonyl (C=O) groups excluding carboxylic acids is 1. The van der Waals surface area contributed by atoms with Crippen molar-refractivity contribution in [3.05, 3.63) is 35.6 Å². The van der Waals surface area contributed by atoms with Crippen LogP contribution in [0.2, 0.25) is 0 Å². The van der Waals surface area contributed by atoms with Gasteiger partial charge in [-0.1, -0.05) is 6.07 Å². The first kappa shape index (κ1) is 12.4. The molecular weight excluding hydrogens is 266 g/mol. The first-order valence-corrected chi connectivity index (χ1v) is 7.20. The summed E-state index contributed by atoms with van der Waals surface area (Å²) in [4.78, 5) is 14.8. The number of nitrogens with zero attached hydrogens (tertiary/aromatic N) is 2. The van der Waals surface area contributed by atoms with Gasteiger partial charge in [0.1, 0.15) is 11.7 Å². The lowest BCUT2D eigenvalue weighted by Crippen LogP contribution is -2.43. The summed E-state index contributed by atoms with van der Waals surface area (Å²) in [5.41, 5.74) is 1.16. The van der Waals surface area contributed by atoms with Gasteiger partial charge in [0.25, 0.3) is 5.91 Å². The number of hydrogen-bond acceptors (Lipinski definition) is 4. The lowest BCUT2D eigenvalue weighted by molar-refractivity contribution is 0.0924. The average Bonchev–Trinajstić information content (AvgIpc) is 3.20. The van der Waals surface area contributed by atoms with Crippen molar-refractivity contribution in [1.29, 1.82) is 5.26 Å². The van der Waals surface area contributed by atoms with Crippen LogP contribution in [0.3, 0.4) is 0 Å². The predicted molar refractivity (Wildman–Crippen MR) is 76.7 cm³/mol. The van der Waals surface area contributed by atoms with Gasteiger partial charge in [-0.15, -0.1) is 0 Å². The smallest absolute Gasteiger partial charge is 0.251 e. The van der Waals surface area contributed by atoms with Crippen LogP contribution in [0.1, 0.15) is 22.5 Å². The Balaban J connectivity index is 1.55. The molecule has 3 heterocycles. The summed E-state index contributed by atoms with van der Waals surface area (Å²) >= 11 is 0. The van der Waals surface area contributed by atoms with E-state index in [0.29, 0.717) is 17.1 Å². The highest BCUT2D eigenvalue weighted by Crippen LogP contribution is 2.28. The quantitative estimate of drug-likeness (QED) is 0.910. The maximum absolute atomic E-state index is 12.4. The van der Waals surface area contributed by atoms with Crippen molar-refractivity contribution in [2.45, 2.75) is 12.5 Å². The Morgan fingerprint density at radius 1 is 1.38 bits per heavy atom. The lowest BCUT2D eigenvalue weighted by atomic mass is 9.99. The van der Waals surface area contributed by atoms with Gasteiger partial charge in [-0.2, -0.15) is 5.26 Å². The zero-order valence-electron chi connectivity index (χ0n) is 11.5. The monoisotopic (exact) mass is 281 g/mol. The van der Waals surface area contributed by atoms with Crippen molar-refractivity contribution in [1.82, 2.24) is 10.2 Å². The van der Waals surface area contributed by atoms with Gasteiger partial charge in [0, 0.05) is 36.1 Å². The highest BCUT2D eigenvalue weighted by molar-refractivity contribution is 5.97. The van der Waals surface area contributed by atoms with Gasteiger partial charge in [0.15, 0.2) is 0 Å². The van der Waals surface area contributed by atoms with Crippen LogP contribution in [0.5, 0.6) is 0 Å². The number of carbonyl (C=O) groups is 1.